The molecule has 0 spiro atoms. The van der Waals surface area contributed by atoms with Crippen molar-refractivity contribution in [3.8, 4) is 0 Å². The Kier molecular flexibility index (Phi) is 4.54. The molecule has 4 nitrogen and oxygen atoms in total. The highest BCUT2D eigenvalue weighted by Crippen LogP contribution is 2.24. The maximum Gasteiger partial charge on any atom is 0.265 e. The number of carbonyl (C=O) groups excluding carboxylic acids is 2. The zero-order valence-electron chi connectivity index (χ0n) is 10.1. The third-order valence-electron chi connectivity index (χ3n) is 2.25. The summed E-state index contributed by atoms with van der Waals surface area (Å²) in [4.78, 5) is 23.5. The van der Waals surface area contributed by atoms with Crippen molar-refractivity contribution in [2.45, 2.75) is 6.92 Å². The Morgan fingerprint density at radius 2 is 1.84 bits per heavy atom. The van der Waals surface area contributed by atoms with E-state index < -0.39 is 0 Å². The molecule has 2 aromatic rings. The fourth-order valence-electron chi connectivity index (χ4n) is 1.45. The number of nitrogens with one attached hydrogen (secondary N) is 2. The Balaban J connectivity index is 2.10. The average molecular weight is 386 g/mol. The van der Waals surface area contributed by atoms with Crippen molar-refractivity contribution in [3.05, 3.63) is 44.8 Å². The molecular weight excluding hydrogens is 375 g/mol. The largest absolute Gasteiger partial charge is 0.320 e. The third-order valence-corrected chi connectivity index (χ3v) is 4.19. The number of para-hydroxylation sites is 1. The Morgan fingerprint density at radius 3 is 2.53 bits per heavy atom. The number of hydrogen-bond acceptors (Lipinski definition) is 3. The zero-order chi connectivity index (χ0) is 13.8. The smallest absolute Gasteiger partial charge is 0.265 e. The van der Waals surface area contributed by atoms with Gasteiger partial charge in [-0.25, -0.2) is 0 Å². The highest BCUT2D eigenvalue weighted by molar-refractivity contribution is 14.1. The molecule has 0 saturated carbocycles. The molecule has 0 atom stereocenters. The number of benzene rings is 1. The highest BCUT2D eigenvalue weighted by Gasteiger charge is 2.11. The second kappa shape index (κ2) is 6.16. The summed E-state index contributed by atoms with van der Waals surface area (Å²) in [6.07, 6.45) is 0. The van der Waals surface area contributed by atoms with E-state index in [1.807, 2.05) is 24.3 Å². The lowest BCUT2D eigenvalue weighted by Gasteiger charge is -2.05. The minimum absolute atomic E-state index is 0.147. The van der Waals surface area contributed by atoms with Crippen LogP contribution in [0, 0.1) is 3.57 Å². The fourth-order valence-corrected chi connectivity index (χ4v) is 2.82. The lowest BCUT2D eigenvalue weighted by molar-refractivity contribution is -0.114. The number of amides is 2. The first-order valence-corrected chi connectivity index (χ1v) is 7.39. The van der Waals surface area contributed by atoms with E-state index in [2.05, 4.69) is 33.2 Å². The van der Waals surface area contributed by atoms with Crippen molar-refractivity contribution >= 4 is 56.4 Å². The molecule has 2 amide bonds. The number of halogens is 1. The molecule has 0 saturated heterocycles. The number of anilines is 2. The first-order valence-electron chi connectivity index (χ1n) is 5.49. The normalized spacial score (nSPS) is 10.0. The predicted molar refractivity (Wildman–Crippen MR) is 85.7 cm³/mol. The van der Waals surface area contributed by atoms with Gasteiger partial charge in [-0.3, -0.25) is 9.59 Å². The Bertz CT molecular complexity index is 625. The number of rotatable bonds is 3. The van der Waals surface area contributed by atoms with Crippen LogP contribution in [-0.4, -0.2) is 11.8 Å². The van der Waals surface area contributed by atoms with Crippen LogP contribution < -0.4 is 10.6 Å². The van der Waals surface area contributed by atoms with Crippen molar-refractivity contribution in [2.24, 2.45) is 0 Å². The van der Waals surface area contributed by atoms with Crippen molar-refractivity contribution in [1.29, 1.82) is 0 Å². The lowest BCUT2D eigenvalue weighted by atomic mass is 10.3. The predicted octanol–water partition coefficient (Wildman–Crippen LogP) is 3.56. The summed E-state index contributed by atoms with van der Waals surface area (Å²) in [6.45, 7) is 1.44. The zero-order valence-corrected chi connectivity index (χ0v) is 13.0. The van der Waals surface area contributed by atoms with E-state index in [1.165, 1.54) is 18.3 Å². The summed E-state index contributed by atoms with van der Waals surface area (Å²) in [6, 6.07) is 11.0. The van der Waals surface area contributed by atoms with Crippen LogP contribution in [0.5, 0.6) is 0 Å². The van der Waals surface area contributed by atoms with E-state index in [0.717, 1.165) is 9.26 Å². The fraction of sp³-hybridized carbons (Fsp3) is 0.0769. The van der Waals surface area contributed by atoms with Crippen LogP contribution in [0.1, 0.15) is 16.6 Å². The summed E-state index contributed by atoms with van der Waals surface area (Å²) in [5.41, 5.74) is 0.780. The van der Waals surface area contributed by atoms with Crippen LogP contribution >= 0.6 is 33.9 Å². The van der Waals surface area contributed by atoms with E-state index in [4.69, 9.17) is 0 Å². The molecule has 2 rings (SSSR count). The Morgan fingerprint density at radius 1 is 1.11 bits per heavy atom. The van der Waals surface area contributed by atoms with Gasteiger partial charge in [0.25, 0.3) is 5.91 Å². The van der Waals surface area contributed by atoms with Gasteiger partial charge in [0.05, 0.1) is 15.6 Å². The van der Waals surface area contributed by atoms with Crippen molar-refractivity contribution in [2.75, 3.05) is 10.6 Å². The minimum Gasteiger partial charge on any atom is -0.320 e. The van der Waals surface area contributed by atoms with Crippen LogP contribution in [0.25, 0.3) is 0 Å². The maximum absolute atomic E-state index is 12.0. The van der Waals surface area contributed by atoms with Gasteiger partial charge in [-0.1, -0.05) is 12.1 Å². The minimum atomic E-state index is -0.175. The Hall–Kier alpha value is -1.41. The van der Waals surface area contributed by atoms with Gasteiger partial charge in [0.2, 0.25) is 5.91 Å². The molecule has 0 aliphatic carbocycles. The van der Waals surface area contributed by atoms with Gasteiger partial charge in [0.15, 0.2) is 0 Å². The highest BCUT2D eigenvalue weighted by atomic mass is 127. The molecule has 19 heavy (non-hydrogen) atoms. The van der Waals surface area contributed by atoms with E-state index >= 15 is 0 Å². The molecule has 0 fully saturated rings. The first kappa shape index (κ1) is 14.0. The van der Waals surface area contributed by atoms with Crippen LogP contribution in [0.3, 0.4) is 0 Å². The summed E-state index contributed by atoms with van der Waals surface area (Å²) >= 11 is 3.41. The van der Waals surface area contributed by atoms with Gasteiger partial charge in [-0.15, -0.1) is 11.3 Å². The average Bonchev–Trinajstić information content (AvgIpc) is 2.79. The molecule has 0 aliphatic heterocycles. The SMILES string of the molecule is CC(=O)Nc1ccc(C(=O)Nc2ccccc2I)s1. The van der Waals surface area contributed by atoms with Crippen LogP contribution in [0.15, 0.2) is 36.4 Å². The van der Waals surface area contributed by atoms with Gasteiger partial charge in [0, 0.05) is 10.5 Å². The molecule has 1 aromatic carbocycles. The summed E-state index contributed by atoms with van der Waals surface area (Å²) < 4.78 is 0.979. The molecule has 0 bridgehead atoms. The molecule has 6 heteroatoms. The van der Waals surface area contributed by atoms with Gasteiger partial charge in [0.1, 0.15) is 0 Å². The van der Waals surface area contributed by atoms with E-state index in [9.17, 15) is 9.59 Å². The van der Waals surface area contributed by atoms with Crippen LogP contribution in [0.2, 0.25) is 0 Å². The Labute approximate surface area is 128 Å². The summed E-state index contributed by atoms with van der Waals surface area (Å²) in [7, 11) is 0. The second-order valence-corrected chi connectivity index (χ2v) is 6.03. The topological polar surface area (TPSA) is 58.2 Å². The van der Waals surface area contributed by atoms with Gasteiger partial charge >= 0.3 is 0 Å². The quantitative estimate of drug-likeness (QED) is 0.793. The van der Waals surface area contributed by atoms with Crippen LogP contribution in [0.4, 0.5) is 10.7 Å². The van der Waals surface area contributed by atoms with Crippen molar-refractivity contribution in [1.82, 2.24) is 0 Å². The van der Waals surface area contributed by atoms with Crippen molar-refractivity contribution in [3.63, 3.8) is 0 Å². The van der Waals surface area contributed by atoms with E-state index in [1.54, 1.807) is 12.1 Å². The number of hydrogen-bond donors (Lipinski definition) is 2. The molecule has 1 aromatic heterocycles. The molecule has 98 valence electrons. The van der Waals surface area contributed by atoms with Crippen molar-refractivity contribution < 1.29 is 9.59 Å². The molecule has 0 unspecified atom stereocenters. The second-order valence-electron chi connectivity index (χ2n) is 3.78. The maximum atomic E-state index is 12.0. The van der Waals surface area contributed by atoms with Gasteiger partial charge in [-0.2, -0.15) is 0 Å². The van der Waals surface area contributed by atoms with Crippen LogP contribution in [-0.2, 0) is 4.79 Å². The van der Waals surface area contributed by atoms with E-state index in [-0.39, 0.29) is 11.8 Å². The van der Waals surface area contributed by atoms with E-state index in [0.29, 0.717) is 9.88 Å². The molecule has 0 radical (unpaired) electrons. The monoisotopic (exact) mass is 386 g/mol. The summed E-state index contributed by atoms with van der Waals surface area (Å²) in [5.74, 6) is -0.322. The molecule has 1 heterocycles. The molecule has 2 N–H and O–H groups in total. The van der Waals surface area contributed by atoms with Gasteiger partial charge in [-0.05, 0) is 46.9 Å². The first-order chi connectivity index (χ1) is 9.06. The number of thiophene rings is 1. The molecule has 0 aliphatic rings. The number of carbonyl (C=O) groups is 2. The van der Waals surface area contributed by atoms with Gasteiger partial charge < -0.3 is 10.6 Å². The third kappa shape index (κ3) is 3.77. The molecular formula is C13H11IN2O2S. The standard InChI is InChI=1S/C13H11IN2O2S/c1-8(17)15-12-7-6-11(19-12)13(18)16-10-5-3-2-4-9(10)14/h2-7H,1H3,(H,15,17)(H,16,18). The lowest BCUT2D eigenvalue weighted by Crippen LogP contribution is -2.11. The summed E-state index contributed by atoms with van der Waals surface area (Å²) in [5, 5.41) is 6.16.